The second-order valence-corrected chi connectivity index (χ2v) is 16.5. The van der Waals surface area contributed by atoms with Crippen molar-refractivity contribution in [3.05, 3.63) is 250 Å². The van der Waals surface area contributed by atoms with Crippen LogP contribution >= 0.6 is 0 Å². The zero-order valence-electron chi connectivity index (χ0n) is 31.1. The van der Waals surface area contributed by atoms with Gasteiger partial charge >= 0.3 is 0 Å². The van der Waals surface area contributed by atoms with Gasteiger partial charge < -0.3 is 4.90 Å². The Labute approximate surface area is 334 Å². The molecule has 3 spiro atoms. The maximum absolute atomic E-state index is 5.42. The lowest BCUT2D eigenvalue weighted by atomic mass is 9.55. The monoisotopic (exact) mass is 734 g/mol. The average Bonchev–Trinajstić information content (AvgIpc) is 3.87. The lowest BCUT2D eigenvalue weighted by molar-refractivity contribution is 0.650. The summed E-state index contributed by atoms with van der Waals surface area (Å²) in [6.45, 7) is 0. The number of rotatable bonds is 0. The highest BCUT2D eigenvalue weighted by molar-refractivity contribution is 6.07. The van der Waals surface area contributed by atoms with Crippen LogP contribution in [0, 0.1) is 0 Å². The van der Waals surface area contributed by atoms with Crippen LogP contribution in [0.3, 0.4) is 0 Å². The molecule has 6 aromatic carbocycles. The van der Waals surface area contributed by atoms with Crippen molar-refractivity contribution in [2.45, 2.75) is 16.2 Å². The molecule has 6 heterocycles. The number of fused-ring (bicyclic) bond motifs is 21. The number of para-hydroxylation sites is 3. The first-order valence-electron chi connectivity index (χ1n) is 20.2. The average molecular weight is 735 g/mol. The van der Waals surface area contributed by atoms with Crippen molar-refractivity contribution in [3.63, 3.8) is 0 Å². The smallest absolute Gasteiger partial charge is 0.0926 e. The summed E-state index contributed by atoms with van der Waals surface area (Å²) in [4.78, 5) is 18.9. The van der Waals surface area contributed by atoms with E-state index < -0.39 is 16.2 Å². The summed E-state index contributed by atoms with van der Waals surface area (Å²) >= 11 is 0. The van der Waals surface area contributed by atoms with E-state index in [9.17, 15) is 0 Å². The van der Waals surface area contributed by atoms with E-state index in [2.05, 4.69) is 169 Å². The molecule has 58 heavy (non-hydrogen) atoms. The fourth-order valence-corrected chi connectivity index (χ4v) is 12.9. The van der Waals surface area contributed by atoms with Crippen LogP contribution < -0.4 is 4.90 Å². The summed E-state index contributed by atoms with van der Waals surface area (Å²) in [5.74, 6) is 0. The highest BCUT2D eigenvalue weighted by atomic mass is 15.2. The Morgan fingerprint density at radius 3 is 0.828 bits per heavy atom. The molecule has 0 atom stereocenters. The van der Waals surface area contributed by atoms with Crippen LogP contribution in [-0.2, 0) is 16.2 Å². The first-order valence-corrected chi connectivity index (χ1v) is 20.2. The maximum atomic E-state index is 5.42. The Morgan fingerprint density at radius 1 is 0.259 bits per heavy atom. The highest BCUT2D eigenvalue weighted by Gasteiger charge is 2.64. The van der Waals surface area contributed by atoms with Crippen LogP contribution in [0.2, 0.25) is 0 Å². The molecule has 0 saturated carbocycles. The van der Waals surface area contributed by atoms with Crippen molar-refractivity contribution >= 4 is 17.1 Å². The van der Waals surface area contributed by atoms with Crippen molar-refractivity contribution in [1.82, 2.24) is 15.0 Å². The molecule has 0 radical (unpaired) electrons. The largest absolute Gasteiger partial charge is 0.308 e. The number of pyridine rings is 3. The number of hydrogen-bond acceptors (Lipinski definition) is 4. The van der Waals surface area contributed by atoms with Gasteiger partial charge in [0.2, 0.25) is 0 Å². The second kappa shape index (κ2) is 9.74. The molecular formula is C54H30N4. The van der Waals surface area contributed by atoms with Crippen molar-refractivity contribution in [3.8, 4) is 33.4 Å². The first-order chi connectivity index (χ1) is 28.8. The Balaban J connectivity index is 1.23. The van der Waals surface area contributed by atoms with Crippen LogP contribution in [0.25, 0.3) is 33.4 Å². The molecule has 0 unspecified atom stereocenters. The number of anilines is 3. The minimum absolute atomic E-state index is 0.692. The lowest BCUT2D eigenvalue weighted by Crippen LogP contribution is -2.48. The molecule has 266 valence electrons. The predicted octanol–water partition coefficient (Wildman–Crippen LogP) is 11.4. The molecule has 0 bridgehead atoms. The fourth-order valence-electron chi connectivity index (χ4n) is 12.9. The van der Waals surface area contributed by atoms with E-state index in [1.807, 2.05) is 18.6 Å². The number of nitrogens with zero attached hydrogens (tertiary/aromatic N) is 4. The van der Waals surface area contributed by atoms with Gasteiger partial charge in [0.15, 0.2) is 0 Å². The van der Waals surface area contributed by atoms with Crippen LogP contribution in [0.15, 0.2) is 182 Å². The third-order valence-corrected chi connectivity index (χ3v) is 14.6. The summed E-state index contributed by atoms with van der Waals surface area (Å²) in [6, 6.07) is 61.4. The van der Waals surface area contributed by atoms with E-state index in [4.69, 9.17) is 15.0 Å². The van der Waals surface area contributed by atoms with Gasteiger partial charge in [0.1, 0.15) is 0 Å². The molecular weight excluding hydrogens is 705 g/mol. The third kappa shape index (κ3) is 2.84. The lowest BCUT2D eigenvalue weighted by Gasteiger charge is -2.56. The third-order valence-electron chi connectivity index (χ3n) is 14.6. The Kier molecular flexibility index (Phi) is 5.01. The van der Waals surface area contributed by atoms with Crippen LogP contribution in [-0.4, -0.2) is 15.0 Å². The predicted molar refractivity (Wildman–Crippen MR) is 227 cm³/mol. The normalized spacial score (nSPS) is 21.6. The van der Waals surface area contributed by atoms with Crippen molar-refractivity contribution in [2.75, 3.05) is 4.90 Å². The van der Waals surface area contributed by atoms with Crippen molar-refractivity contribution in [2.24, 2.45) is 0 Å². The first kappa shape index (κ1) is 29.8. The van der Waals surface area contributed by atoms with Crippen LogP contribution in [0.1, 0.15) is 67.2 Å². The van der Waals surface area contributed by atoms with E-state index in [1.165, 1.54) is 101 Å². The van der Waals surface area contributed by atoms with E-state index in [0.717, 1.165) is 17.1 Å². The summed E-state index contributed by atoms with van der Waals surface area (Å²) in [6.07, 6.45) is 5.96. The summed E-state index contributed by atoms with van der Waals surface area (Å²) < 4.78 is 0. The Bertz CT molecular complexity index is 2830. The molecule has 9 aromatic rings. The molecule has 15 rings (SSSR count). The van der Waals surface area contributed by atoms with Gasteiger partial charge in [0.25, 0.3) is 0 Å². The molecule has 4 heteroatoms. The van der Waals surface area contributed by atoms with Gasteiger partial charge in [-0.3, -0.25) is 15.0 Å². The molecule has 3 aliphatic heterocycles. The fraction of sp³-hybridized carbons (Fsp3) is 0.0556. The molecule has 6 aliphatic rings. The molecule has 3 aromatic heterocycles. The molecule has 0 N–H and O–H groups in total. The van der Waals surface area contributed by atoms with Gasteiger partial charge in [-0.1, -0.05) is 146 Å². The summed E-state index contributed by atoms with van der Waals surface area (Å²) in [7, 11) is 0. The zero-order chi connectivity index (χ0) is 37.5. The standard InChI is InChI=1S/C54H30N4/c1-4-19-37-31(13-1)34-16-10-28-55-49(34)52(37)40-22-7-24-42-46(40)58-47-41(52)23-8-25-43(47)54(39-21-6-3-15-33(39)36-18-12-30-57-51(36)54)45-27-9-26-44(48(45)58)53(42)38-20-5-2-14-32(38)35-17-11-29-56-50(35)53/h1-30H. The molecule has 3 aliphatic carbocycles. The Hall–Kier alpha value is -7.43. The molecule has 0 fully saturated rings. The van der Waals surface area contributed by atoms with Gasteiger partial charge in [-0.2, -0.15) is 0 Å². The van der Waals surface area contributed by atoms with Gasteiger partial charge in [-0.25, -0.2) is 0 Å². The minimum Gasteiger partial charge on any atom is -0.308 e. The van der Waals surface area contributed by atoms with Crippen LogP contribution in [0.4, 0.5) is 17.1 Å². The van der Waals surface area contributed by atoms with Gasteiger partial charge in [-0.15, -0.1) is 0 Å². The zero-order valence-corrected chi connectivity index (χ0v) is 31.1. The molecule has 4 nitrogen and oxygen atoms in total. The minimum atomic E-state index is -0.692. The molecule has 0 saturated heterocycles. The SMILES string of the molecule is c1ccc2c(c1)-c1cccnc1C21c2cccc3c2N2c4c1cccc4C1(c4ccccc4-c4cccnc41)c1cccc(c12)C31c2ccccc2-c2cccnc21. The topological polar surface area (TPSA) is 41.9 Å². The van der Waals surface area contributed by atoms with Crippen molar-refractivity contribution in [1.29, 1.82) is 0 Å². The summed E-state index contributed by atoms with van der Waals surface area (Å²) in [5, 5.41) is 0. The highest BCUT2D eigenvalue weighted by Crippen LogP contribution is 2.75. The quantitative estimate of drug-likeness (QED) is 0.156. The van der Waals surface area contributed by atoms with E-state index in [1.54, 1.807) is 0 Å². The maximum Gasteiger partial charge on any atom is 0.0926 e. The van der Waals surface area contributed by atoms with E-state index in [-0.39, 0.29) is 0 Å². The van der Waals surface area contributed by atoms with Crippen molar-refractivity contribution < 1.29 is 0 Å². The van der Waals surface area contributed by atoms with Gasteiger partial charge in [0.05, 0.1) is 50.4 Å². The molecule has 0 amide bonds. The van der Waals surface area contributed by atoms with Gasteiger partial charge in [0, 0.05) is 35.3 Å². The van der Waals surface area contributed by atoms with Gasteiger partial charge in [-0.05, 0) is 85.0 Å². The van der Waals surface area contributed by atoms with E-state index >= 15 is 0 Å². The number of aromatic nitrogens is 3. The summed E-state index contributed by atoms with van der Waals surface area (Å²) in [5.41, 5.74) is 23.5. The number of benzene rings is 6. The Morgan fingerprint density at radius 2 is 0.517 bits per heavy atom. The number of hydrogen-bond donors (Lipinski definition) is 0. The van der Waals surface area contributed by atoms with Crippen LogP contribution in [0.5, 0.6) is 0 Å². The van der Waals surface area contributed by atoms with E-state index in [0.29, 0.717) is 0 Å². The second-order valence-electron chi connectivity index (χ2n) is 16.5.